The Hall–Kier alpha value is -0.610. The Morgan fingerprint density at radius 2 is 1.90 bits per heavy atom. The maximum absolute atomic E-state index is 5.02. The van der Waals surface area contributed by atoms with Gasteiger partial charge in [-0.1, -0.05) is 20.3 Å². The quantitative estimate of drug-likeness (QED) is 0.898. The summed E-state index contributed by atoms with van der Waals surface area (Å²) < 4.78 is 0. The van der Waals surface area contributed by atoms with Crippen LogP contribution in [0, 0.1) is 11.8 Å². The predicted molar refractivity (Wildman–Crippen MR) is 89.1 cm³/mol. The van der Waals surface area contributed by atoms with Crippen molar-refractivity contribution in [1.29, 1.82) is 0 Å². The van der Waals surface area contributed by atoms with Crippen LogP contribution < -0.4 is 10.2 Å². The molecule has 0 amide bonds. The van der Waals surface area contributed by atoms with Gasteiger partial charge in [0, 0.05) is 30.6 Å². The van der Waals surface area contributed by atoms with Crippen molar-refractivity contribution in [3.05, 3.63) is 10.6 Å². The second-order valence-corrected chi connectivity index (χ2v) is 8.53. The minimum absolute atomic E-state index is 0.535. The molecule has 1 saturated heterocycles. The van der Waals surface area contributed by atoms with Gasteiger partial charge in [0.15, 0.2) is 5.13 Å². The molecule has 2 saturated carbocycles. The summed E-state index contributed by atoms with van der Waals surface area (Å²) in [6, 6.07) is 0.779. The number of nitrogens with one attached hydrogen (secondary N) is 1. The molecule has 1 aliphatic heterocycles. The van der Waals surface area contributed by atoms with Crippen LogP contribution in [-0.2, 0) is 6.54 Å². The van der Waals surface area contributed by atoms with Gasteiger partial charge in [-0.15, -0.1) is 11.3 Å². The molecule has 0 aromatic carbocycles. The van der Waals surface area contributed by atoms with E-state index in [9.17, 15) is 0 Å². The fourth-order valence-corrected chi connectivity index (χ4v) is 5.16. The van der Waals surface area contributed by atoms with Crippen molar-refractivity contribution in [1.82, 2.24) is 10.3 Å². The number of fused-ring (bicyclic) bond motifs is 1. The van der Waals surface area contributed by atoms with Gasteiger partial charge in [-0.2, -0.15) is 0 Å². The van der Waals surface area contributed by atoms with E-state index in [1.54, 1.807) is 0 Å². The standard InChI is InChI=1S/C17H27N3S/c1-11(2)16-15(8-18-14-6-7-14)21-17(19-16)20-9-12-4-3-5-13(12)10-20/h11-14,18H,3-10H2,1-2H3. The third-order valence-electron chi connectivity index (χ3n) is 5.39. The first-order chi connectivity index (χ1) is 10.2. The molecule has 4 rings (SSSR count). The zero-order chi connectivity index (χ0) is 14.4. The van der Waals surface area contributed by atoms with E-state index in [1.807, 2.05) is 11.3 Å². The molecule has 1 N–H and O–H groups in total. The monoisotopic (exact) mass is 305 g/mol. The molecule has 21 heavy (non-hydrogen) atoms. The lowest BCUT2D eigenvalue weighted by Gasteiger charge is -2.15. The summed E-state index contributed by atoms with van der Waals surface area (Å²) in [5.41, 5.74) is 1.33. The Morgan fingerprint density at radius 1 is 1.19 bits per heavy atom. The first-order valence-corrected chi connectivity index (χ1v) is 9.50. The molecule has 3 aliphatic rings. The number of rotatable bonds is 5. The van der Waals surface area contributed by atoms with Crippen LogP contribution in [-0.4, -0.2) is 24.1 Å². The van der Waals surface area contributed by atoms with Crippen LogP contribution >= 0.6 is 11.3 Å². The van der Waals surface area contributed by atoms with Crippen LogP contribution in [0.1, 0.15) is 62.4 Å². The van der Waals surface area contributed by atoms with Gasteiger partial charge >= 0.3 is 0 Å². The van der Waals surface area contributed by atoms with Crippen LogP contribution in [0.25, 0.3) is 0 Å². The summed E-state index contributed by atoms with van der Waals surface area (Å²) >= 11 is 1.95. The number of thiazole rings is 1. The second kappa shape index (κ2) is 5.54. The zero-order valence-corrected chi connectivity index (χ0v) is 14.1. The molecule has 0 spiro atoms. The maximum atomic E-state index is 5.02. The van der Waals surface area contributed by atoms with E-state index in [4.69, 9.17) is 4.98 Å². The summed E-state index contributed by atoms with van der Waals surface area (Å²) in [6.07, 6.45) is 7.06. The van der Waals surface area contributed by atoms with Crippen molar-refractivity contribution in [2.45, 2.75) is 64.5 Å². The van der Waals surface area contributed by atoms with Crippen LogP contribution in [0.15, 0.2) is 0 Å². The highest BCUT2D eigenvalue weighted by molar-refractivity contribution is 7.15. The van der Waals surface area contributed by atoms with Crippen molar-refractivity contribution in [2.24, 2.45) is 11.8 Å². The fraction of sp³-hybridized carbons (Fsp3) is 0.824. The Labute approximate surface area is 132 Å². The van der Waals surface area contributed by atoms with Crippen LogP contribution in [0.2, 0.25) is 0 Å². The van der Waals surface area contributed by atoms with Gasteiger partial charge in [0.2, 0.25) is 0 Å². The maximum Gasteiger partial charge on any atom is 0.185 e. The summed E-state index contributed by atoms with van der Waals surface area (Å²) in [5.74, 6) is 2.43. The zero-order valence-electron chi connectivity index (χ0n) is 13.3. The number of hydrogen-bond donors (Lipinski definition) is 1. The van der Waals surface area contributed by atoms with Crippen LogP contribution in [0.5, 0.6) is 0 Å². The number of anilines is 1. The van der Waals surface area contributed by atoms with Crippen LogP contribution in [0.4, 0.5) is 5.13 Å². The second-order valence-electron chi connectivity index (χ2n) is 7.47. The molecule has 0 radical (unpaired) electrons. The van der Waals surface area contributed by atoms with Gasteiger partial charge in [0.25, 0.3) is 0 Å². The van der Waals surface area contributed by atoms with E-state index in [2.05, 4.69) is 24.1 Å². The van der Waals surface area contributed by atoms with Crippen molar-refractivity contribution in [2.75, 3.05) is 18.0 Å². The van der Waals surface area contributed by atoms with Gasteiger partial charge in [-0.3, -0.25) is 0 Å². The third-order valence-corrected chi connectivity index (χ3v) is 6.52. The summed E-state index contributed by atoms with van der Waals surface area (Å²) in [4.78, 5) is 9.07. The SMILES string of the molecule is CC(C)c1nc(N2CC3CCCC3C2)sc1CNC1CC1. The normalized spacial score (nSPS) is 28.6. The highest BCUT2D eigenvalue weighted by Crippen LogP contribution is 2.41. The fourth-order valence-electron chi connectivity index (χ4n) is 3.98. The molecular weight excluding hydrogens is 278 g/mol. The molecular formula is C17H27N3S. The number of aromatic nitrogens is 1. The van der Waals surface area contributed by atoms with Crippen molar-refractivity contribution < 1.29 is 0 Å². The van der Waals surface area contributed by atoms with E-state index in [1.165, 1.54) is 60.9 Å². The molecule has 2 aliphatic carbocycles. The topological polar surface area (TPSA) is 28.2 Å². The number of hydrogen-bond acceptors (Lipinski definition) is 4. The lowest BCUT2D eigenvalue weighted by Crippen LogP contribution is -2.20. The lowest BCUT2D eigenvalue weighted by molar-refractivity contribution is 0.494. The van der Waals surface area contributed by atoms with Gasteiger partial charge in [-0.05, 0) is 43.4 Å². The van der Waals surface area contributed by atoms with E-state index >= 15 is 0 Å². The average Bonchev–Trinajstić information content (AvgIpc) is 2.87. The molecule has 0 bridgehead atoms. The first-order valence-electron chi connectivity index (χ1n) is 8.68. The first kappa shape index (κ1) is 14.0. The van der Waals surface area contributed by atoms with Crippen molar-refractivity contribution in [3.63, 3.8) is 0 Å². The molecule has 4 heteroatoms. The molecule has 3 fully saturated rings. The lowest BCUT2D eigenvalue weighted by atomic mass is 10.0. The summed E-state index contributed by atoms with van der Waals surface area (Å²) in [6.45, 7) is 8.09. The summed E-state index contributed by atoms with van der Waals surface area (Å²) in [7, 11) is 0. The van der Waals surface area contributed by atoms with Crippen LogP contribution in [0.3, 0.4) is 0 Å². The van der Waals surface area contributed by atoms with E-state index in [0.717, 1.165) is 24.4 Å². The Bertz CT molecular complexity index is 494. The number of nitrogens with zero attached hydrogens (tertiary/aromatic N) is 2. The Morgan fingerprint density at radius 3 is 2.52 bits per heavy atom. The molecule has 1 aromatic rings. The predicted octanol–water partition coefficient (Wildman–Crippen LogP) is 3.75. The van der Waals surface area contributed by atoms with Gasteiger partial charge in [-0.25, -0.2) is 4.98 Å². The molecule has 2 unspecified atom stereocenters. The van der Waals surface area contributed by atoms with E-state index in [0.29, 0.717) is 5.92 Å². The third kappa shape index (κ3) is 2.85. The van der Waals surface area contributed by atoms with Crippen molar-refractivity contribution in [3.8, 4) is 0 Å². The molecule has 2 atom stereocenters. The highest BCUT2D eigenvalue weighted by atomic mass is 32.1. The minimum Gasteiger partial charge on any atom is -0.348 e. The molecule has 1 aromatic heterocycles. The Balaban J connectivity index is 1.50. The smallest absolute Gasteiger partial charge is 0.185 e. The van der Waals surface area contributed by atoms with Gasteiger partial charge in [0.05, 0.1) is 5.69 Å². The van der Waals surface area contributed by atoms with Crippen molar-refractivity contribution >= 4 is 16.5 Å². The molecule has 116 valence electrons. The van der Waals surface area contributed by atoms with E-state index in [-0.39, 0.29) is 0 Å². The molecule has 2 heterocycles. The molecule has 3 nitrogen and oxygen atoms in total. The largest absolute Gasteiger partial charge is 0.348 e. The van der Waals surface area contributed by atoms with E-state index < -0.39 is 0 Å². The summed E-state index contributed by atoms with van der Waals surface area (Å²) in [5, 5.41) is 4.96. The average molecular weight is 305 g/mol. The van der Waals surface area contributed by atoms with Gasteiger partial charge in [0.1, 0.15) is 0 Å². The minimum atomic E-state index is 0.535. The highest BCUT2D eigenvalue weighted by Gasteiger charge is 2.37. The Kier molecular flexibility index (Phi) is 3.70. The van der Waals surface area contributed by atoms with Gasteiger partial charge < -0.3 is 10.2 Å².